The minimum atomic E-state index is -0.959. The van der Waals surface area contributed by atoms with Gasteiger partial charge in [-0.1, -0.05) is 24.6 Å². The molecule has 0 heterocycles. The van der Waals surface area contributed by atoms with Gasteiger partial charge in [0.25, 0.3) is 5.69 Å². The molecule has 0 aliphatic carbocycles. The van der Waals surface area contributed by atoms with Crippen molar-refractivity contribution in [2.24, 2.45) is 0 Å². The second-order valence-corrected chi connectivity index (χ2v) is 4.58. The van der Waals surface area contributed by atoms with Crippen molar-refractivity contribution in [2.75, 3.05) is 7.05 Å². The molecule has 0 saturated carbocycles. The van der Waals surface area contributed by atoms with Crippen molar-refractivity contribution >= 4 is 23.3 Å². The van der Waals surface area contributed by atoms with Crippen LogP contribution in [0.2, 0.25) is 5.02 Å². The molecule has 1 N–H and O–H groups in total. The number of nitro groups is 1. The molecule has 1 aromatic carbocycles. The Balaban J connectivity index is 3.05. The van der Waals surface area contributed by atoms with Gasteiger partial charge >= 0.3 is 5.97 Å². The Bertz CT molecular complexity index is 493. The van der Waals surface area contributed by atoms with Gasteiger partial charge in [-0.3, -0.25) is 19.8 Å². The number of aliphatic carboxylic acids is 1. The van der Waals surface area contributed by atoms with Crippen LogP contribution in [0.15, 0.2) is 18.2 Å². The lowest BCUT2D eigenvalue weighted by molar-refractivity contribution is -0.385. The lowest BCUT2D eigenvalue weighted by atomic mass is 10.1. The zero-order valence-electron chi connectivity index (χ0n) is 10.7. The summed E-state index contributed by atoms with van der Waals surface area (Å²) in [5, 5.41) is 20.3. The first-order chi connectivity index (χ1) is 8.88. The van der Waals surface area contributed by atoms with E-state index < -0.39 is 16.9 Å². The molecule has 0 saturated heterocycles. The highest BCUT2D eigenvalue weighted by molar-refractivity contribution is 6.31. The van der Waals surface area contributed by atoms with Crippen molar-refractivity contribution in [3.8, 4) is 0 Å². The monoisotopic (exact) mass is 286 g/mol. The van der Waals surface area contributed by atoms with E-state index in [0.717, 1.165) is 0 Å². The van der Waals surface area contributed by atoms with Gasteiger partial charge in [0.1, 0.15) is 6.04 Å². The van der Waals surface area contributed by atoms with E-state index in [2.05, 4.69) is 0 Å². The van der Waals surface area contributed by atoms with Crippen LogP contribution in [0.3, 0.4) is 0 Å². The van der Waals surface area contributed by atoms with E-state index in [4.69, 9.17) is 16.7 Å². The number of hydrogen-bond donors (Lipinski definition) is 1. The summed E-state index contributed by atoms with van der Waals surface area (Å²) in [5.74, 6) is -0.959. The second-order valence-electron chi connectivity index (χ2n) is 4.17. The zero-order valence-corrected chi connectivity index (χ0v) is 11.4. The minimum Gasteiger partial charge on any atom is -0.480 e. The largest absolute Gasteiger partial charge is 0.480 e. The number of carbonyl (C=O) groups is 1. The highest BCUT2D eigenvalue weighted by atomic mass is 35.5. The summed E-state index contributed by atoms with van der Waals surface area (Å²) in [6.45, 7) is 1.86. The van der Waals surface area contributed by atoms with Gasteiger partial charge in [0.2, 0.25) is 0 Å². The van der Waals surface area contributed by atoms with Crippen LogP contribution in [0.1, 0.15) is 18.9 Å². The molecule has 1 atom stereocenters. The fourth-order valence-electron chi connectivity index (χ4n) is 1.91. The third-order valence-electron chi connectivity index (χ3n) is 2.90. The van der Waals surface area contributed by atoms with Gasteiger partial charge in [0, 0.05) is 12.6 Å². The number of rotatable bonds is 6. The molecule has 0 bridgehead atoms. The molecular formula is C12H15ClN2O4. The van der Waals surface area contributed by atoms with Crippen LogP contribution in [-0.4, -0.2) is 34.0 Å². The number of likely N-dealkylation sites (N-methyl/N-ethyl adjacent to an activating group) is 1. The maximum Gasteiger partial charge on any atom is 0.320 e. The van der Waals surface area contributed by atoms with Crippen molar-refractivity contribution in [1.82, 2.24) is 4.90 Å². The first-order valence-electron chi connectivity index (χ1n) is 5.73. The van der Waals surface area contributed by atoms with Gasteiger partial charge in [-0.15, -0.1) is 0 Å². The maximum atomic E-state index is 11.1. The van der Waals surface area contributed by atoms with Crippen LogP contribution >= 0.6 is 11.6 Å². The second kappa shape index (κ2) is 6.49. The molecule has 7 heteroatoms. The first-order valence-corrected chi connectivity index (χ1v) is 6.11. The van der Waals surface area contributed by atoms with Crippen molar-refractivity contribution < 1.29 is 14.8 Å². The molecule has 19 heavy (non-hydrogen) atoms. The number of hydrogen-bond acceptors (Lipinski definition) is 4. The van der Waals surface area contributed by atoms with Crippen molar-refractivity contribution in [1.29, 1.82) is 0 Å². The fraction of sp³-hybridized carbons (Fsp3) is 0.417. The molecule has 1 rings (SSSR count). The zero-order chi connectivity index (χ0) is 14.6. The maximum absolute atomic E-state index is 11.1. The highest BCUT2D eigenvalue weighted by Gasteiger charge is 2.24. The Labute approximate surface area is 115 Å². The fourth-order valence-corrected chi connectivity index (χ4v) is 2.14. The predicted molar refractivity (Wildman–Crippen MR) is 71.3 cm³/mol. The van der Waals surface area contributed by atoms with Crippen molar-refractivity contribution in [3.63, 3.8) is 0 Å². The summed E-state index contributed by atoms with van der Waals surface area (Å²) in [6, 6.07) is 3.71. The molecule has 104 valence electrons. The van der Waals surface area contributed by atoms with E-state index in [0.29, 0.717) is 12.0 Å². The lowest BCUT2D eigenvalue weighted by Gasteiger charge is -2.23. The van der Waals surface area contributed by atoms with Gasteiger partial charge in [-0.25, -0.2) is 0 Å². The first kappa shape index (κ1) is 15.4. The third kappa shape index (κ3) is 3.65. The highest BCUT2D eigenvalue weighted by Crippen LogP contribution is 2.27. The smallest absolute Gasteiger partial charge is 0.320 e. The lowest BCUT2D eigenvalue weighted by Crippen LogP contribution is -2.37. The van der Waals surface area contributed by atoms with E-state index in [1.54, 1.807) is 20.0 Å². The Hall–Kier alpha value is -1.66. The van der Waals surface area contributed by atoms with Gasteiger partial charge in [-0.05, 0) is 19.5 Å². The molecule has 0 radical (unpaired) electrons. The van der Waals surface area contributed by atoms with E-state index in [9.17, 15) is 14.9 Å². The van der Waals surface area contributed by atoms with Gasteiger partial charge in [-0.2, -0.15) is 0 Å². The number of nitrogens with zero attached hydrogens (tertiary/aromatic N) is 2. The van der Waals surface area contributed by atoms with E-state index >= 15 is 0 Å². The quantitative estimate of drug-likeness (QED) is 0.642. The molecule has 1 unspecified atom stereocenters. The summed E-state index contributed by atoms with van der Waals surface area (Å²) in [4.78, 5) is 23.0. The summed E-state index contributed by atoms with van der Waals surface area (Å²) in [7, 11) is 1.61. The standard InChI is InChI=1S/C12H15ClN2O4/c1-3-10(12(16)17)14(2)7-8-9(13)5-4-6-11(8)15(18)19/h4-6,10H,3,7H2,1-2H3,(H,16,17). The predicted octanol–water partition coefficient (Wildman–Crippen LogP) is 2.54. The van der Waals surface area contributed by atoms with E-state index in [1.807, 2.05) is 0 Å². The molecule has 0 spiro atoms. The average molecular weight is 287 g/mol. The topological polar surface area (TPSA) is 83.7 Å². The molecule has 0 fully saturated rings. The molecular weight excluding hydrogens is 272 g/mol. The molecule has 0 aliphatic heterocycles. The van der Waals surface area contributed by atoms with Gasteiger partial charge in [0.05, 0.1) is 15.5 Å². The minimum absolute atomic E-state index is 0.0976. The SMILES string of the molecule is CCC(C(=O)O)N(C)Cc1c(Cl)cccc1[N+](=O)[O-]. The number of halogens is 1. The Morgan fingerprint density at radius 3 is 2.68 bits per heavy atom. The normalized spacial score (nSPS) is 12.4. The average Bonchev–Trinajstić information content (AvgIpc) is 2.31. The molecule has 6 nitrogen and oxygen atoms in total. The van der Waals surface area contributed by atoms with Gasteiger partial charge in [0.15, 0.2) is 0 Å². The Morgan fingerprint density at radius 1 is 1.58 bits per heavy atom. The van der Waals surface area contributed by atoms with E-state index in [-0.39, 0.29) is 17.3 Å². The molecule has 1 aromatic rings. The summed E-state index contributed by atoms with van der Waals surface area (Å²) in [6.07, 6.45) is 0.407. The van der Waals surface area contributed by atoms with Crippen LogP contribution < -0.4 is 0 Å². The van der Waals surface area contributed by atoms with Crippen LogP contribution in [0.5, 0.6) is 0 Å². The molecule has 0 amide bonds. The van der Waals surface area contributed by atoms with Crippen molar-refractivity contribution in [2.45, 2.75) is 25.9 Å². The number of carboxylic acids is 1. The molecule has 0 aromatic heterocycles. The molecule has 0 aliphatic rings. The third-order valence-corrected chi connectivity index (χ3v) is 3.26. The number of nitro benzene ring substituents is 1. The summed E-state index contributed by atoms with van der Waals surface area (Å²) < 4.78 is 0. The van der Waals surface area contributed by atoms with Gasteiger partial charge < -0.3 is 5.11 Å². The Morgan fingerprint density at radius 2 is 2.21 bits per heavy atom. The van der Waals surface area contributed by atoms with Crippen LogP contribution in [0.25, 0.3) is 0 Å². The van der Waals surface area contributed by atoms with Crippen LogP contribution in [0.4, 0.5) is 5.69 Å². The summed E-state index contributed by atoms with van der Waals surface area (Å²) in [5.41, 5.74) is 0.232. The van der Waals surface area contributed by atoms with Crippen molar-refractivity contribution in [3.05, 3.63) is 38.9 Å². The Kier molecular flexibility index (Phi) is 5.26. The number of carboxylic acid groups (broad SMARTS) is 1. The van der Waals surface area contributed by atoms with Crippen LogP contribution in [0, 0.1) is 10.1 Å². The van der Waals surface area contributed by atoms with Crippen LogP contribution in [-0.2, 0) is 11.3 Å². The number of benzene rings is 1. The summed E-state index contributed by atoms with van der Waals surface area (Å²) >= 11 is 5.97. The van der Waals surface area contributed by atoms with E-state index in [1.165, 1.54) is 17.0 Å².